The van der Waals surface area contributed by atoms with Crippen molar-refractivity contribution in [3.63, 3.8) is 0 Å². The maximum absolute atomic E-state index is 15.9. The minimum absolute atomic E-state index is 0.0420. The number of fused-ring (bicyclic) bond motifs is 2. The van der Waals surface area contributed by atoms with Crippen LogP contribution < -0.4 is 9.47 Å². The predicted molar refractivity (Wildman–Crippen MR) is 166 cm³/mol. The van der Waals surface area contributed by atoms with Crippen LogP contribution in [0.15, 0.2) is 73.1 Å². The molecule has 0 spiro atoms. The fourth-order valence-electron chi connectivity index (χ4n) is 5.83. The highest BCUT2D eigenvalue weighted by atomic mass is 35.5. The summed E-state index contributed by atoms with van der Waals surface area (Å²) in [4.78, 5) is 16.3. The number of nitrogens with zero attached hydrogens (tertiary/aromatic N) is 5. The van der Waals surface area contributed by atoms with Crippen LogP contribution in [0.4, 0.5) is 13.2 Å². The Bertz CT molecular complexity index is 2200. The van der Waals surface area contributed by atoms with E-state index in [0.29, 0.717) is 34.8 Å². The van der Waals surface area contributed by atoms with E-state index in [1.54, 1.807) is 42.1 Å². The molecule has 0 saturated carbocycles. The Labute approximate surface area is 270 Å². The van der Waals surface area contributed by atoms with Gasteiger partial charge in [-0.25, -0.2) is 22.9 Å². The molecule has 1 aliphatic rings. The van der Waals surface area contributed by atoms with Gasteiger partial charge in [0.1, 0.15) is 29.6 Å². The summed E-state index contributed by atoms with van der Waals surface area (Å²) in [6.07, 6.45) is 1.33. The van der Waals surface area contributed by atoms with Crippen LogP contribution in [0.1, 0.15) is 47.0 Å². The third-order valence-corrected chi connectivity index (χ3v) is 8.43. The van der Waals surface area contributed by atoms with Crippen molar-refractivity contribution < 1.29 is 32.5 Å². The first kappa shape index (κ1) is 30.3. The average Bonchev–Trinajstić information content (AvgIpc) is 3.73. The van der Waals surface area contributed by atoms with Gasteiger partial charge in [-0.1, -0.05) is 23.7 Å². The zero-order valence-electron chi connectivity index (χ0n) is 25.0. The Morgan fingerprint density at radius 2 is 1.77 bits per heavy atom. The number of aromatic carboxylic acids is 1. The maximum Gasteiger partial charge on any atom is 0.335 e. The number of hydrogen-bond acceptors (Lipinski definition) is 6. The number of aromatic nitrogens is 5. The molecule has 9 nitrogen and oxygen atoms in total. The molecular formula is C34H25ClF3N5O4. The number of benzene rings is 4. The largest absolute Gasteiger partial charge is 0.478 e. The van der Waals surface area contributed by atoms with Crippen molar-refractivity contribution in [1.29, 1.82) is 0 Å². The highest BCUT2D eigenvalue weighted by molar-refractivity contribution is 6.30. The van der Waals surface area contributed by atoms with Crippen LogP contribution in [0.2, 0.25) is 5.02 Å². The van der Waals surface area contributed by atoms with E-state index in [1.807, 2.05) is 11.5 Å². The molecule has 0 radical (unpaired) electrons. The number of carboxylic acids is 1. The lowest BCUT2D eigenvalue weighted by Crippen LogP contribution is -2.32. The van der Waals surface area contributed by atoms with E-state index in [1.165, 1.54) is 36.4 Å². The maximum atomic E-state index is 15.9. The van der Waals surface area contributed by atoms with Gasteiger partial charge in [0, 0.05) is 36.0 Å². The standard InChI is InChI=1S/C34H25ClF3N5O4/c1-3-42-17-39-41-31(42)16-43-28-13-18(33(44)45)7-10-27(28)40-30(43)15-22-24(36)11-19(12-25(22)37)21-5-4-6-29-32(21)47-34(2,46-29)23-9-8-20(35)14-26(23)38/h4-14,17H,3,15-16H2,1-2H3,(H,44,45). The summed E-state index contributed by atoms with van der Waals surface area (Å²) < 4.78 is 62.2. The summed E-state index contributed by atoms with van der Waals surface area (Å²) in [6, 6.07) is 15.9. The lowest BCUT2D eigenvalue weighted by atomic mass is 10.00. The third kappa shape index (κ3) is 5.34. The molecular weight excluding hydrogens is 635 g/mol. The fourth-order valence-corrected chi connectivity index (χ4v) is 5.99. The molecule has 0 aliphatic carbocycles. The van der Waals surface area contributed by atoms with Gasteiger partial charge < -0.3 is 23.7 Å². The summed E-state index contributed by atoms with van der Waals surface area (Å²) in [7, 11) is 0. The van der Waals surface area contributed by atoms with Crippen LogP contribution in [0, 0.1) is 17.5 Å². The number of rotatable bonds is 8. The topological polar surface area (TPSA) is 104 Å². The number of ether oxygens (including phenoxy) is 2. The van der Waals surface area contributed by atoms with Crippen LogP contribution in [-0.2, 0) is 25.3 Å². The van der Waals surface area contributed by atoms with Gasteiger partial charge in [-0.15, -0.1) is 10.2 Å². The van der Waals surface area contributed by atoms with Crippen molar-refractivity contribution in [3.8, 4) is 22.6 Å². The Kier molecular flexibility index (Phi) is 7.39. The normalized spacial score (nSPS) is 15.4. The Hall–Kier alpha value is -5.36. The molecule has 0 fully saturated rings. The van der Waals surface area contributed by atoms with Gasteiger partial charge in [0.15, 0.2) is 17.3 Å². The SMILES string of the molecule is CCn1cnnc1Cn1c(Cc2c(F)cc(-c3cccc4c3OC(C)(c3ccc(Cl)cc3F)O4)cc2F)nc2ccc(C(=O)O)cc21. The van der Waals surface area contributed by atoms with Crippen molar-refractivity contribution in [2.24, 2.45) is 0 Å². The molecule has 0 saturated heterocycles. The summed E-state index contributed by atoms with van der Waals surface area (Å²) in [5, 5.41) is 17.9. The highest BCUT2D eigenvalue weighted by Crippen LogP contribution is 2.50. The number of carbonyl (C=O) groups is 1. The zero-order valence-corrected chi connectivity index (χ0v) is 25.7. The lowest BCUT2D eigenvalue weighted by Gasteiger charge is -2.24. The van der Waals surface area contributed by atoms with Gasteiger partial charge in [0.25, 0.3) is 5.79 Å². The third-order valence-electron chi connectivity index (χ3n) is 8.20. The second kappa shape index (κ2) is 11.5. The van der Waals surface area contributed by atoms with Crippen molar-refractivity contribution in [2.75, 3.05) is 0 Å². The van der Waals surface area contributed by atoms with Gasteiger partial charge >= 0.3 is 5.97 Å². The van der Waals surface area contributed by atoms with Gasteiger partial charge in [0.05, 0.1) is 28.7 Å². The molecule has 7 rings (SSSR count). The minimum atomic E-state index is -1.55. The quantitative estimate of drug-likeness (QED) is 0.182. The number of hydrogen-bond donors (Lipinski definition) is 1. The van der Waals surface area contributed by atoms with E-state index in [-0.39, 0.29) is 51.7 Å². The van der Waals surface area contributed by atoms with Crippen molar-refractivity contribution >= 4 is 28.6 Å². The molecule has 238 valence electrons. The predicted octanol–water partition coefficient (Wildman–Crippen LogP) is 7.37. The summed E-state index contributed by atoms with van der Waals surface area (Å²) in [6.45, 7) is 4.19. The number of imidazole rings is 1. The second-order valence-electron chi connectivity index (χ2n) is 11.2. The molecule has 47 heavy (non-hydrogen) atoms. The Balaban J connectivity index is 1.26. The van der Waals surface area contributed by atoms with Crippen molar-refractivity contribution in [3.05, 3.63) is 124 Å². The molecule has 4 aromatic carbocycles. The molecule has 0 bridgehead atoms. The highest BCUT2D eigenvalue weighted by Gasteiger charge is 2.42. The summed E-state index contributed by atoms with van der Waals surface area (Å²) >= 11 is 5.92. The van der Waals surface area contributed by atoms with Gasteiger partial charge in [-0.05, 0) is 67.1 Å². The number of carboxylic acid groups (broad SMARTS) is 1. The Morgan fingerprint density at radius 3 is 2.49 bits per heavy atom. The Morgan fingerprint density at radius 1 is 0.979 bits per heavy atom. The first-order valence-corrected chi connectivity index (χ1v) is 15.0. The molecule has 13 heteroatoms. The van der Waals surface area contributed by atoms with Crippen LogP contribution in [0.25, 0.3) is 22.2 Å². The van der Waals surface area contributed by atoms with Gasteiger partial charge in [-0.2, -0.15) is 0 Å². The van der Waals surface area contributed by atoms with Gasteiger partial charge in [0.2, 0.25) is 0 Å². The molecule has 6 aromatic rings. The molecule has 1 aliphatic heterocycles. The van der Waals surface area contributed by atoms with Crippen LogP contribution >= 0.6 is 11.6 Å². The molecule has 2 aromatic heterocycles. The van der Waals surface area contributed by atoms with Crippen LogP contribution in [0.3, 0.4) is 0 Å². The fraction of sp³-hybridized carbons (Fsp3) is 0.176. The zero-order chi connectivity index (χ0) is 33.0. The van der Waals surface area contributed by atoms with E-state index >= 15 is 8.78 Å². The minimum Gasteiger partial charge on any atom is -0.478 e. The average molecular weight is 660 g/mol. The second-order valence-corrected chi connectivity index (χ2v) is 11.6. The van der Waals surface area contributed by atoms with Gasteiger partial charge in [-0.3, -0.25) is 0 Å². The number of aryl methyl sites for hydroxylation is 1. The van der Waals surface area contributed by atoms with E-state index in [2.05, 4.69) is 15.2 Å². The van der Waals surface area contributed by atoms with E-state index in [4.69, 9.17) is 21.1 Å². The van der Waals surface area contributed by atoms with E-state index < -0.39 is 29.2 Å². The summed E-state index contributed by atoms with van der Waals surface area (Å²) in [5.41, 5.74) is 1.37. The first-order valence-electron chi connectivity index (χ1n) is 14.6. The lowest BCUT2D eigenvalue weighted by molar-refractivity contribution is -0.0705. The number of para-hydroxylation sites is 1. The first-order chi connectivity index (χ1) is 22.5. The number of halogens is 4. The van der Waals surface area contributed by atoms with E-state index in [9.17, 15) is 14.3 Å². The molecule has 3 heterocycles. The summed E-state index contributed by atoms with van der Waals surface area (Å²) in [5.74, 6) is -3.61. The molecule has 1 unspecified atom stereocenters. The monoisotopic (exact) mass is 659 g/mol. The smallest absolute Gasteiger partial charge is 0.335 e. The molecule has 1 N–H and O–H groups in total. The van der Waals surface area contributed by atoms with Crippen LogP contribution in [-0.4, -0.2) is 35.4 Å². The molecule has 1 atom stereocenters. The van der Waals surface area contributed by atoms with Crippen LogP contribution in [0.5, 0.6) is 11.5 Å². The van der Waals surface area contributed by atoms with E-state index in [0.717, 1.165) is 6.07 Å². The molecule has 0 amide bonds. The van der Waals surface area contributed by atoms with Crippen molar-refractivity contribution in [1.82, 2.24) is 24.3 Å². The van der Waals surface area contributed by atoms with Crippen molar-refractivity contribution in [2.45, 2.75) is 39.1 Å².